The van der Waals surface area contributed by atoms with Gasteiger partial charge in [0.15, 0.2) is 6.10 Å². The van der Waals surface area contributed by atoms with Crippen LogP contribution in [0.1, 0.15) is 13.8 Å². The normalized spacial score (nSPS) is 12.2. The van der Waals surface area contributed by atoms with E-state index in [0.29, 0.717) is 25.7 Å². The lowest BCUT2D eigenvalue weighted by Gasteiger charge is -2.10. The third-order valence-electron chi connectivity index (χ3n) is 1.72. The molecule has 7 heteroatoms. The first-order valence-corrected chi connectivity index (χ1v) is 5.43. The molecule has 0 bridgehead atoms. The predicted molar refractivity (Wildman–Crippen MR) is 60.7 cm³/mol. The Morgan fingerprint density at radius 3 is 2.47 bits per heavy atom. The predicted octanol–water partition coefficient (Wildman–Crippen LogP) is -0.596. The minimum Gasteiger partial charge on any atom is -0.479 e. The number of aliphatic carboxylic acids is 1. The van der Waals surface area contributed by atoms with Gasteiger partial charge in [-0.2, -0.15) is 0 Å². The minimum atomic E-state index is -1.59. The topological polar surface area (TPSA) is 108 Å². The Morgan fingerprint density at radius 1 is 1.29 bits per heavy atom. The fraction of sp³-hybridized carbons (Fsp3) is 0.800. The standard InChI is InChI=1S/C10H20N2O5/c1-7(2)6-17-4-3-11-10(16)12-5-8(13)9(14)15/h7-8,13H,3-6H2,1-2H3,(H,14,15)(H2,11,12,16). The summed E-state index contributed by atoms with van der Waals surface area (Å²) >= 11 is 0. The average Bonchev–Trinajstić information content (AvgIpc) is 2.24. The van der Waals surface area contributed by atoms with Gasteiger partial charge in [0, 0.05) is 13.2 Å². The highest BCUT2D eigenvalue weighted by Crippen LogP contribution is 1.90. The molecule has 0 aromatic carbocycles. The van der Waals surface area contributed by atoms with Crippen molar-refractivity contribution in [2.45, 2.75) is 20.0 Å². The second kappa shape index (κ2) is 8.77. The number of aliphatic hydroxyl groups is 1. The van der Waals surface area contributed by atoms with Crippen molar-refractivity contribution in [1.29, 1.82) is 0 Å². The van der Waals surface area contributed by atoms with Gasteiger partial charge in [-0.3, -0.25) is 0 Å². The zero-order valence-electron chi connectivity index (χ0n) is 10.1. The molecule has 0 saturated heterocycles. The van der Waals surface area contributed by atoms with E-state index in [0.717, 1.165) is 0 Å². The van der Waals surface area contributed by atoms with Gasteiger partial charge in [0.1, 0.15) is 0 Å². The summed E-state index contributed by atoms with van der Waals surface area (Å²) in [7, 11) is 0. The molecule has 4 N–H and O–H groups in total. The lowest BCUT2D eigenvalue weighted by Crippen LogP contribution is -2.43. The second-order valence-electron chi connectivity index (χ2n) is 3.96. The molecule has 0 aromatic rings. The van der Waals surface area contributed by atoms with Crippen LogP contribution >= 0.6 is 0 Å². The Kier molecular flexibility index (Phi) is 8.08. The first kappa shape index (κ1) is 15.7. The van der Waals surface area contributed by atoms with E-state index in [1.54, 1.807) is 0 Å². The summed E-state index contributed by atoms with van der Waals surface area (Å²) in [5, 5.41) is 21.9. The molecule has 17 heavy (non-hydrogen) atoms. The molecule has 7 nitrogen and oxygen atoms in total. The Labute approximate surface area is 100 Å². The number of carbonyl (C=O) groups is 2. The summed E-state index contributed by atoms with van der Waals surface area (Å²) in [5.41, 5.74) is 0. The highest BCUT2D eigenvalue weighted by atomic mass is 16.5. The third kappa shape index (κ3) is 9.58. The Morgan fingerprint density at radius 2 is 1.94 bits per heavy atom. The molecule has 1 unspecified atom stereocenters. The fourth-order valence-electron chi connectivity index (χ4n) is 0.895. The number of ether oxygens (including phenoxy) is 1. The maximum Gasteiger partial charge on any atom is 0.334 e. The molecule has 0 heterocycles. The number of aliphatic hydroxyl groups excluding tert-OH is 1. The van der Waals surface area contributed by atoms with Crippen LogP contribution in [0.4, 0.5) is 4.79 Å². The van der Waals surface area contributed by atoms with Crippen LogP contribution < -0.4 is 10.6 Å². The maximum atomic E-state index is 11.1. The van der Waals surface area contributed by atoms with Gasteiger partial charge in [-0.1, -0.05) is 13.8 Å². The Balaban J connectivity index is 3.44. The molecule has 0 aromatic heterocycles. The number of urea groups is 1. The van der Waals surface area contributed by atoms with Crippen molar-refractivity contribution in [3.05, 3.63) is 0 Å². The average molecular weight is 248 g/mol. The molecule has 0 aliphatic rings. The molecule has 0 aliphatic heterocycles. The van der Waals surface area contributed by atoms with Crippen molar-refractivity contribution in [1.82, 2.24) is 10.6 Å². The summed E-state index contributed by atoms with van der Waals surface area (Å²) < 4.78 is 5.22. The number of rotatable bonds is 8. The molecule has 2 amide bonds. The monoisotopic (exact) mass is 248 g/mol. The van der Waals surface area contributed by atoms with Gasteiger partial charge in [-0.15, -0.1) is 0 Å². The van der Waals surface area contributed by atoms with Gasteiger partial charge in [-0.25, -0.2) is 9.59 Å². The van der Waals surface area contributed by atoms with Gasteiger partial charge in [-0.05, 0) is 5.92 Å². The minimum absolute atomic E-state index is 0.325. The number of hydrogen-bond acceptors (Lipinski definition) is 4. The lowest BCUT2D eigenvalue weighted by molar-refractivity contribution is -0.146. The molecule has 0 radical (unpaired) electrons. The van der Waals surface area contributed by atoms with Gasteiger partial charge in [0.05, 0.1) is 13.2 Å². The molecule has 0 aliphatic carbocycles. The molecule has 100 valence electrons. The summed E-state index contributed by atoms with van der Waals surface area (Å²) in [5.74, 6) is -0.930. The first-order chi connectivity index (χ1) is 7.93. The van der Waals surface area contributed by atoms with Gasteiger partial charge in [0.25, 0.3) is 0 Å². The molecular weight excluding hydrogens is 228 g/mol. The third-order valence-corrected chi connectivity index (χ3v) is 1.72. The number of hydrogen-bond donors (Lipinski definition) is 4. The fourth-order valence-corrected chi connectivity index (χ4v) is 0.895. The van der Waals surface area contributed by atoms with E-state index in [-0.39, 0.29) is 6.54 Å². The Hall–Kier alpha value is -1.34. The van der Waals surface area contributed by atoms with Crippen LogP contribution in [0, 0.1) is 5.92 Å². The van der Waals surface area contributed by atoms with E-state index < -0.39 is 18.1 Å². The van der Waals surface area contributed by atoms with E-state index in [9.17, 15) is 9.59 Å². The highest BCUT2D eigenvalue weighted by Gasteiger charge is 2.13. The van der Waals surface area contributed by atoms with E-state index in [2.05, 4.69) is 10.6 Å². The van der Waals surface area contributed by atoms with Crippen molar-refractivity contribution in [2.75, 3.05) is 26.3 Å². The van der Waals surface area contributed by atoms with Gasteiger partial charge in [0.2, 0.25) is 0 Å². The zero-order chi connectivity index (χ0) is 13.3. The number of carboxylic acid groups (broad SMARTS) is 1. The van der Waals surface area contributed by atoms with Gasteiger partial charge >= 0.3 is 12.0 Å². The smallest absolute Gasteiger partial charge is 0.334 e. The Bertz CT molecular complexity index is 245. The van der Waals surface area contributed by atoms with Crippen molar-refractivity contribution in [3.63, 3.8) is 0 Å². The summed E-state index contributed by atoms with van der Waals surface area (Å²) in [4.78, 5) is 21.3. The summed E-state index contributed by atoms with van der Waals surface area (Å²) in [6.07, 6.45) is -1.59. The van der Waals surface area contributed by atoms with Crippen molar-refractivity contribution in [3.8, 4) is 0 Å². The highest BCUT2D eigenvalue weighted by molar-refractivity contribution is 5.76. The van der Waals surface area contributed by atoms with Crippen molar-refractivity contribution < 1.29 is 24.5 Å². The number of carbonyl (C=O) groups excluding carboxylic acids is 1. The van der Waals surface area contributed by atoms with Crippen LogP contribution in [0.15, 0.2) is 0 Å². The number of amides is 2. The first-order valence-electron chi connectivity index (χ1n) is 5.43. The zero-order valence-corrected chi connectivity index (χ0v) is 10.1. The number of nitrogens with one attached hydrogen (secondary N) is 2. The molecular formula is C10H20N2O5. The molecule has 0 rings (SSSR count). The quantitative estimate of drug-likeness (QED) is 0.429. The SMILES string of the molecule is CC(C)COCCNC(=O)NCC(O)C(=O)O. The van der Waals surface area contributed by atoms with E-state index in [4.69, 9.17) is 14.9 Å². The number of carboxylic acids is 1. The van der Waals surface area contributed by atoms with Crippen LogP contribution in [-0.2, 0) is 9.53 Å². The van der Waals surface area contributed by atoms with Crippen LogP contribution in [0.5, 0.6) is 0 Å². The molecule has 0 spiro atoms. The molecule has 0 fully saturated rings. The van der Waals surface area contributed by atoms with Crippen LogP contribution in [0.2, 0.25) is 0 Å². The molecule has 1 atom stereocenters. The van der Waals surface area contributed by atoms with Crippen LogP contribution in [0.25, 0.3) is 0 Å². The summed E-state index contributed by atoms with van der Waals surface area (Å²) in [6, 6.07) is -0.529. The van der Waals surface area contributed by atoms with E-state index in [1.807, 2.05) is 13.8 Å². The van der Waals surface area contributed by atoms with Crippen LogP contribution in [-0.4, -0.2) is 54.6 Å². The largest absolute Gasteiger partial charge is 0.479 e. The van der Waals surface area contributed by atoms with E-state index in [1.165, 1.54) is 0 Å². The van der Waals surface area contributed by atoms with Crippen LogP contribution in [0.3, 0.4) is 0 Å². The van der Waals surface area contributed by atoms with E-state index >= 15 is 0 Å². The van der Waals surface area contributed by atoms with Crippen molar-refractivity contribution >= 4 is 12.0 Å². The van der Waals surface area contributed by atoms with Gasteiger partial charge < -0.3 is 25.6 Å². The molecule has 0 saturated carbocycles. The summed E-state index contributed by atoms with van der Waals surface area (Å²) in [6.45, 7) is 5.07. The maximum absolute atomic E-state index is 11.1. The second-order valence-corrected chi connectivity index (χ2v) is 3.96. The lowest BCUT2D eigenvalue weighted by atomic mass is 10.2. The van der Waals surface area contributed by atoms with Crippen molar-refractivity contribution in [2.24, 2.45) is 5.92 Å².